The van der Waals surface area contributed by atoms with Gasteiger partial charge >= 0.3 is 0 Å². The maximum Gasteiger partial charge on any atom is 0.252 e. The standard InChI is InChI=1S/C14H21ClN2O2S2/c1-11-8-12(20-13(11)15)21(18,19)17-7-3-5-14(10-17)4-2-6-16-9-14/h8,16H,2-7,9-10H2,1H3. The molecule has 1 atom stereocenters. The van der Waals surface area contributed by atoms with Crippen molar-refractivity contribution in [2.24, 2.45) is 5.41 Å². The average Bonchev–Trinajstić information content (AvgIpc) is 2.80. The van der Waals surface area contributed by atoms with Crippen LogP contribution >= 0.6 is 22.9 Å². The van der Waals surface area contributed by atoms with Crippen molar-refractivity contribution in [2.45, 2.75) is 36.8 Å². The Morgan fingerprint density at radius 3 is 2.76 bits per heavy atom. The molecule has 1 aromatic heterocycles. The number of hydrogen-bond acceptors (Lipinski definition) is 4. The third-order valence-electron chi connectivity index (χ3n) is 4.62. The van der Waals surface area contributed by atoms with E-state index in [1.54, 1.807) is 10.4 Å². The van der Waals surface area contributed by atoms with E-state index in [2.05, 4.69) is 5.32 Å². The highest BCUT2D eigenvalue weighted by Gasteiger charge is 2.41. The predicted octanol–water partition coefficient (Wildman–Crippen LogP) is 2.86. The lowest BCUT2D eigenvalue weighted by atomic mass is 9.75. The first-order valence-corrected chi connectivity index (χ1v) is 10.0. The number of nitrogens with one attached hydrogen (secondary N) is 1. The molecule has 7 heteroatoms. The molecule has 1 spiro atoms. The van der Waals surface area contributed by atoms with Gasteiger partial charge in [-0.25, -0.2) is 8.42 Å². The fraction of sp³-hybridized carbons (Fsp3) is 0.714. The van der Waals surface area contributed by atoms with E-state index in [0.29, 0.717) is 21.6 Å². The number of piperidine rings is 2. The van der Waals surface area contributed by atoms with Crippen LogP contribution in [0.4, 0.5) is 0 Å². The highest BCUT2D eigenvalue weighted by molar-refractivity contribution is 7.91. The summed E-state index contributed by atoms with van der Waals surface area (Å²) in [6.07, 6.45) is 4.32. The lowest BCUT2D eigenvalue weighted by Gasteiger charge is -2.44. The predicted molar refractivity (Wildman–Crippen MR) is 86.6 cm³/mol. The molecule has 0 aliphatic carbocycles. The van der Waals surface area contributed by atoms with E-state index in [1.807, 2.05) is 6.92 Å². The Labute approximate surface area is 135 Å². The van der Waals surface area contributed by atoms with Crippen LogP contribution < -0.4 is 5.32 Å². The first-order valence-electron chi connectivity index (χ1n) is 7.40. The summed E-state index contributed by atoms with van der Waals surface area (Å²) in [5.74, 6) is 0. The van der Waals surface area contributed by atoms with E-state index in [9.17, 15) is 8.42 Å². The fourth-order valence-corrected chi connectivity index (χ4v) is 6.89. The summed E-state index contributed by atoms with van der Waals surface area (Å²) < 4.78 is 28.3. The first-order chi connectivity index (χ1) is 9.93. The largest absolute Gasteiger partial charge is 0.316 e. The zero-order valence-corrected chi connectivity index (χ0v) is 14.6. The van der Waals surface area contributed by atoms with Crippen molar-refractivity contribution in [3.8, 4) is 0 Å². The van der Waals surface area contributed by atoms with Gasteiger partial charge < -0.3 is 5.32 Å². The van der Waals surface area contributed by atoms with Crippen LogP contribution in [0.1, 0.15) is 31.2 Å². The van der Waals surface area contributed by atoms with Crippen LogP contribution in [-0.2, 0) is 10.0 Å². The molecule has 2 saturated heterocycles. The topological polar surface area (TPSA) is 49.4 Å². The number of rotatable bonds is 2. The van der Waals surface area contributed by atoms with Crippen molar-refractivity contribution in [2.75, 3.05) is 26.2 Å². The number of sulfonamides is 1. The maximum atomic E-state index is 12.8. The Balaban J connectivity index is 1.85. The second kappa shape index (κ2) is 5.81. The number of hydrogen-bond donors (Lipinski definition) is 1. The summed E-state index contributed by atoms with van der Waals surface area (Å²) in [6.45, 7) is 5.09. The van der Waals surface area contributed by atoms with Crippen LogP contribution in [0.3, 0.4) is 0 Å². The van der Waals surface area contributed by atoms with Crippen LogP contribution in [0.15, 0.2) is 10.3 Å². The molecule has 1 aromatic rings. The summed E-state index contributed by atoms with van der Waals surface area (Å²) in [5, 5.41) is 3.43. The minimum absolute atomic E-state index is 0.125. The van der Waals surface area contributed by atoms with Gasteiger partial charge in [0.25, 0.3) is 10.0 Å². The molecule has 1 N–H and O–H groups in total. The van der Waals surface area contributed by atoms with Crippen molar-refractivity contribution in [3.63, 3.8) is 0 Å². The molecule has 0 aromatic carbocycles. The Morgan fingerprint density at radius 2 is 2.14 bits per heavy atom. The number of halogens is 1. The molecule has 1 unspecified atom stereocenters. The molecule has 0 amide bonds. The van der Waals surface area contributed by atoms with Crippen molar-refractivity contribution in [1.29, 1.82) is 0 Å². The molecule has 0 radical (unpaired) electrons. The van der Waals surface area contributed by atoms with Crippen molar-refractivity contribution in [3.05, 3.63) is 16.0 Å². The first kappa shape index (κ1) is 15.7. The third kappa shape index (κ3) is 3.01. The van der Waals surface area contributed by atoms with Crippen molar-refractivity contribution >= 4 is 33.0 Å². The van der Waals surface area contributed by atoms with E-state index in [1.165, 1.54) is 11.3 Å². The molecule has 0 saturated carbocycles. The van der Waals surface area contributed by atoms with E-state index in [4.69, 9.17) is 11.6 Å². The number of aryl methyl sites for hydroxylation is 1. The number of nitrogens with zero attached hydrogens (tertiary/aromatic N) is 1. The normalized spacial score (nSPS) is 28.1. The van der Waals surface area contributed by atoms with E-state index in [-0.39, 0.29) is 5.41 Å². The summed E-state index contributed by atoms with van der Waals surface area (Å²) >= 11 is 7.21. The van der Waals surface area contributed by atoms with Gasteiger partial charge in [-0.05, 0) is 56.2 Å². The Kier molecular flexibility index (Phi) is 4.36. The minimum atomic E-state index is -3.40. The zero-order valence-electron chi connectivity index (χ0n) is 12.2. The van der Waals surface area contributed by atoms with Gasteiger partial charge in [0.2, 0.25) is 0 Å². The van der Waals surface area contributed by atoms with Crippen LogP contribution in [0.2, 0.25) is 4.34 Å². The average molecular weight is 349 g/mol. The highest BCUT2D eigenvalue weighted by atomic mass is 35.5. The smallest absolute Gasteiger partial charge is 0.252 e. The van der Waals surface area contributed by atoms with Gasteiger partial charge in [0.05, 0.1) is 4.34 Å². The minimum Gasteiger partial charge on any atom is -0.316 e. The summed E-state index contributed by atoms with van der Waals surface area (Å²) in [5.41, 5.74) is 0.964. The van der Waals surface area contributed by atoms with Gasteiger partial charge in [0, 0.05) is 19.6 Å². The molecule has 4 nitrogen and oxygen atoms in total. The van der Waals surface area contributed by atoms with Gasteiger partial charge in [-0.3, -0.25) is 0 Å². The lowest BCUT2D eigenvalue weighted by molar-refractivity contribution is 0.110. The van der Waals surface area contributed by atoms with E-state index < -0.39 is 10.0 Å². The van der Waals surface area contributed by atoms with E-state index >= 15 is 0 Å². The monoisotopic (exact) mass is 348 g/mol. The molecule has 2 aliphatic heterocycles. The Hall–Kier alpha value is -0.140. The van der Waals surface area contributed by atoms with Gasteiger partial charge in [-0.1, -0.05) is 11.6 Å². The molecule has 3 rings (SSSR count). The van der Waals surface area contributed by atoms with Crippen LogP contribution in [0.25, 0.3) is 0 Å². The molecule has 21 heavy (non-hydrogen) atoms. The second-order valence-corrected chi connectivity index (χ2v) is 10.1. The van der Waals surface area contributed by atoms with Crippen LogP contribution in [0, 0.1) is 12.3 Å². The van der Waals surface area contributed by atoms with Gasteiger partial charge in [0.1, 0.15) is 4.21 Å². The van der Waals surface area contributed by atoms with Crippen molar-refractivity contribution < 1.29 is 8.42 Å². The molecule has 2 fully saturated rings. The quantitative estimate of drug-likeness (QED) is 0.894. The summed E-state index contributed by atoms with van der Waals surface area (Å²) in [4.78, 5) is 0. The maximum absolute atomic E-state index is 12.8. The number of thiophene rings is 1. The summed E-state index contributed by atoms with van der Waals surface area (Å²) in [7, 11) is -3.40. The fourth-order valence-electron chi connectivity index (χ4n) is 3.43. The van der Waals surface area contributed by atoms with Gasteiger partial charge in [0.15, 0.2) is 0 Å². The highest BCUT2D eigenvalue weighted by Crippen LogP contribution is 2.39. The molecule has 118 valence electrons. The molecular formula is C14H21ClN2O2S2. The van der Waals surface area contributed by atoms with Crippen LogP contribution in [0.5, 0.6) is 0 Å². The van der Waals surface area contributed by atoms with Gasteiger partial charge in [-0.15, -0.1) is 11.3 Å². The van der Waals surface area contributed by atoms with E-state index in [0.717, 1.165) is 44.3 Å². The molecular weight excluding hydrogens is 328 g/mol. The van der Waals surface area contributed by atoms with Gasteiger partial charge in [-0.2, -0.15) is 4.31 Å². The lowest BCUT2D eigenvalue weighted by Crippen LogP contribution is -2.52. The van der Waals surface area contributed by atoms with Crippen LogP contribution in [-0.4, -0.2) is 38.9 Å². The SMILES string of the molecule is Cc1cc(S(=O)(=O)N2CCCC3(CCCNC3)C2)sc1Cl. The molecule has 0 bridgehead atoms. The zero-order chi connectivity index (χ0) is 15.1. The Bertz CT molecular complexity index is 596. The molecule has 2 aliphatic rings. The Morgan fingerprint density at radius 1 is 1.38 bits per heavy atom. The third-order valence-corrected chi connectivity index (χ3v) is 8.47. The second-order valence-electron chi connectivity index (χ2n) is 6.24. The summed E-state index contributed by atoms with van der Waals surface area (Å²) in [6, 6.07) is 1.70. The van der Waals surface area contributed by atoms with Crippen molar-refractivity contribution in [1.82, 2.24) is 9.62 Å². The molecule has 3 heterocycles.